The fraction of sp³-hybridized carbons (Fsp3) is 0.333. The molecule has 1 rings (SSSR count). The summed E-state index contributed by atoms with van der Waals surface area (Å²) in [6.07, 6.45) is 0. The van der Waals surface area contributed by atoms with Crippen molar-refractivity contribution in [2.45, 2.75) is 17.9 Å². The molecule has 0 saturated carbocycles. The van der Waals surface area contributed by atoms with Gasteiger partial charge in [-0.05, 0) is 19.1 Å². The van der Waals surface area contributed by atoms with E-state index >= 15 is 0 Å². The van der Waals surface area contributed by atoms with Gasteiger partial charge in [0.05, 0.1) is 16.7 Å². The highest BCUT2D eigenvalue weighted by Crippen LogP contribution is 2.29. The van der Waals surface area contributed by atoms with Crippen LogP contribution in [0, 0.1) is 5.82 Å². The van der Waals surface area contributed by atoms with Gasteiger partial charge in [-0.2, -0.15) is 0 Å². The van der Waals surface area contributed by atoms with Gasteiger partial charge in [0, 0.05) is 6.04 Å². The molecule has 1 aromatic rings. The largest absolute Gasteiger partial charge is 0.395 e. The summed E-state index contributed by atoms with van der Waals surface area (Å²) < 4.78 is 39.0. The van der Waals surface area contributed by atoms with Gasteiger partial charge in [-0.3, -0.25) is 0 Å². The molecular formula is C9H10Cl2FNO3S. The first-order valence-electron chi connectivity index (χ1n) is 4.56. The lowest BCUT2D eigenvalue weighted by Crippen LogP contribution is -2.35. The molecule has 0 radical (unpaired) electrons. The number of nitrogens with one attached hydrogen (secondary N) is 1. The Balaban J connectivity index is 3.21. The Hall–Kier alpha value is -0.400. The molecule has 0 fully saturated rings. The van der Waals surface area contributed by atoms with Crippen LogP contribution >= 0.6 is 23.2 Å². The maximum absolute atomic E-state index is 13.3. The second-order valence-corrected chi connectivity index (χ2v) is 5.85. The smallest absolute Gasteiger partial charge is 0.242 e. The van der Waals surface area contributed by atoms with E-state index in [2.05, 4.69) is 4.72 Å². The highest BCUT2D eigenvalue weighted by atomic mass is 35.5. The normalized spacial score (nSPS) is 13.7. The van der Waals surface area contributed by atoms with Crippen molar-refractivity contribution in [3.63, 3.8) is 0 Å². The van der Waals surface area contributed by atoms with Crippen molar-refractivity contribution in [3.05, 3.63) is 28.0 Å². The molecule has 8 heteroatoms. The standard InChI is InChI=1S/C9H10Cl2FNO3S/c1-5(4-14)13-17(15,16)7-3-2-6(10)9(12)8(7)11/h2-3,5,13-14H,4H2,1H3/t5-/m1/s1. The Kier molecular flexibility index (Phi) is 4.74. The lowest BCUT2D eigenvalue weighted by Gasteiger charge is -2.13. The number of hydrogen-bond donors (Lipinski definition) is 2. The summed E-state index contributed by atoms with van der Waals surface area (Å²) in [6, 6.07) is 1.50. The maximum Gasteiger partial charge on any atom is 0.242 e. The van der Waals surface area contributed by atoms with Crippen LogP contribution in [-0.4, -0.2) is 26.2 Å². The summed E-state index contributed by atoms with van der Waals surface area (Å²) in [6.45, 7) is 1.07. The molecule has 0 bridgehead atoms. The molecule has 2 N–H and O–H groups in total. The number of aliphatic hydroxyl groups is 1. The van der Waals surface area contributed by atoms with Crippen LogP contribution in [0.15, 0.2) is 17.0 Å². The summed E-state index contributed by atoms with van der Waals surface area (Å²) in [4.78, 5) is -0.415. The molecule has 96 valence electrons. The van der Waals surface area contributed by atoms with Crippen LogP contribution < -0.4 is 4.72 Å². The zero-order valence-electron chi connectivity index (χ0n) is 8.75. The Morgan fingerprint density at radius 2 is 2.06 bits per heavy atom. The Bertz CT molecular complexity index is 521. The summed E-state index contributed by atoms with van der Waals surface area (Å²) in [5, 5.41) is 7.92. The van der Waals surface area contributed by atoms with Gasteiger partial charge >= 0.3 is 0 Å². The highest BCUT2D eigenvalue weighted by Gasteiger charge is 2.23. The summed E-state index contributed by atoms with van der Waals surface area (Å²) >= 11 is 11.0. The van der Waals surface area contributed by atoms with Gasteiger partial charge in [-0.25, -0.2) is 17.5 Å². The monoisotopic (exact) mass is 301 g/mol. The quantitative estimate of drug-likeness (QED) is 0.833. The second kappa shape index (κ2) is 5.49. The minimum Gasteiger partial charge on any atom is -0.395 e. The molecule has 0 aliphatic heterocycles. The number of aliphatic hydroxyl groups excluding tert-OH is 1. The van der Waals surface area contributed by atoms with Crippen molar-refractivity contribution in [1.82, 2.24) is 4.72 Å². The van der Waals surface area contributed by atoms with E-state index in [0.717, 1.165) is 12.1 Å². The van der Waals surface area contributed by atoms with E-state index in [1.807, 2.05) is 0 Å². The Morgan fingerprint density at radius 3 is 2.59 bits per heavy atom. The van der Waals surface area contributed by atoms with E-state index in [0.29, 0.717) is 0 Å². The fourth-order valence-electron chi connectivity index (χ4n) is 1.08. The SMILES string of the molecule is C[C@H](CO)NS(=O)(=O)c1ccc(Cl)c(F)c1Cl. The minimum atomic E-state index is -3.98. The van der Waals surface area contributed by atoms with Crippen LogP contribution in [0.1, 0.15) is 6.92 Å². The molecule has 0 aromatic heterocycles. The predicted octanol–water partition coefficient (Wildman–Crippen LogP) is 1.79. The number of sulfonamides is 1. The van der Waals surface area contributed by atoms with E-state index < -0.39 is 31.8 Å². The average Bonchev–Trinajstić information content (AvgIpc) is 2.24. The first-order chi connectivity index (χ1) is 7.79. The van der Waals surface area contributed by atoms with E-state index in [1.165, 1.54) is 6.92 Å². The van der Waals surface area contributed by atoms with E-state index in [-0.39, 0.29) is 11.6 Å². The van der Waals surface area contributed by atoms with Crippen LogP contribution in [0.2, 0.25) is 10.0 Å². The molecule has 4 nitrogen and oxygen atoms in total. The summed E-state index contributed by atoms with van der Waals surface area (Å²) in [5.74, 6) is -0.993. The van der Waals surface area contributed by atoms with Crippen molar-refractivity contribution in [3.8, 4) is 0 Å². The van der Waals surface area contributed by atoms with Crippen molar-refractivity contribution in [2.24, 2.45) is 0 Å². The van der Waals surface area contributed by atoms with Crippen LogP contribution in [0.3, 0.4) is 0 Å². The molecule has 17 heavy (non-hydrogen) atoms. The molecule has 0 amide bonds. The van der Waals surface area contributed by atoms with E-state index in [4.69, 9.17) is 28.3 Å². The molecule has 1 atom stereocenters. The highest BCUT2D eigenvalue weighted by molar-refractivity contribution is 7.89. The van der Waals surface area contributed by atoms with Gasteiger partial charge in [-0.1, -0.05) is 23.2 Å². The van der Waals surface area contributed by atoms with Crippen molar-refractivity contribution < 1.29 is 17.9 Å². The van der Waals surface area contributed by atoms with Crippen LogP contribution in [0.25, 0.3) is 0 Å². The first-order valence-corrected chi connectivity index (χ1v) is 6.80. The third-order valence-corrected chi connectivity index (χ3v) is 4.32. The van der Waals surface area contributed by atoms with Crippen molar-refractivity contribution >= 4 is 33.2 Å². The molecule has 0 spiro atoms. The summed E-state index contributed by atoms with van der Waals surface area (Å²) in [7, 11) is -3.98. The maximum atomic E-state index is 13.3. The lowest BCUT2D eigenvalue weighted by molar-refractivity contribution is 0.265. The van der Waals surface area contributed by atoms with Gasteiger partial charge < -0.3 is 5.11 Å². The number of rotatable bonds is 4. The molecule has 0 heterocycles. The summed E-state index contributed by atoms with van der Waals surface area (Å²) in [5.41, 5.74) is 0. The molecule has 1 aromatic carbocycles. The number of halogens is 3. The number of hydrogen-bond acceptors (Lipinski definition) is 3. The van der Waals surface area contributed by atoms with Gasteiger partial charge in [0.15, 0.2) is 5.82 Å². The van der Waals surface area contributed by atoms with Gasteiger partial charge in [0.1, 0.15) is 4.90 Å². The molecular weight excluding hydrogens is 292 g/mol. The molecule has 0 aliphatic carbocycles. The molecule has 0 unspecified atom stereocenters. The fourth-order valence-corrected chi connectivity index (χ4v) is 3.06. The topological polar surface area (TPSA) is 66.4 Å². The first kappa shape index (κ1) is 14.7. The number of benzene rings is 1. The Labute approximate surface area is 108 Å². The van der Waals surface area contributed by atoms with Gasteiger partial charge in [0.2, 0.25) is 10.0 Å². The van der Waals surface area contributed by atoms with E-state index in [1.54, 1.807) is 0 Å². The predicted molar refractivity (Wildman–Crippen MR) is 63.3 cm³/mol. The third-order valence-electron chi connectivity index (χ3n) is 1.92. The van der Waals surface area contributed by atoms with Gasteiger partial charge in [0.25, 0.3) is 0 Å². The average molecular weight is 302 g/mol. The third kappa shape index (κ3) is 3.29. The van der Waals surface area contributed by atoms with Crippen molar-refractivity contribution in [1.29, 1.82) is 0 Å². The zero-order chi connectivity index (χ0) is 13.2. The Morgan fingerprint density at radius 1 is 1.47 bits per heavy atom. The lowest BCUT2D eigenvalue weighted by atomic mass is 10.3. The molecule has 0 aliphatic rings. The van der Waals surface area contributed by atoms with Crippen molar-refractivity contribution in [2.75, 3.05) is 6.61 Å². The molecule has 0 saturated heterocycles. The van der Waals surface area contributed by atoms with Crippen LogP contribution in [-0.2, 0) is 10.0 Å². The van der Waals surface area contributed by atoms with E-state index in [9.17, 15) is 12.8 Å². The van der Waals surface area contributed by atoms with Crippen LogP contribution in [0.5, 0.6) is 0 Å². The van der Waals surface area contributed by atoms with Crippen LogP contribution in [0.4, 0.5) is 4.39 Å². The second-order valence-electron chi connectivity index (χ2n) is 3.38. The minimum absolute atomic E-state index is 0.260. The zero-order valence-corrected chi connectivity index (χ0v) is 11.1. The van der Waals surface area contributed by atoms with Gasteiger partial charge in [-0.15, -0.1) is 0 Å².